The van der Waals surface area contributed by atoms with Gasteiger partial charge >= 0.3 is 12.4 Å². The minimum Gasteiger partial charge on any atom is -0.490 e. The fraction of sp³-hybridized carbons (Fsp3) is 0.400. The summed E-state index contributed by atoms with van der Waals surface area (Å²) < 4.78 is 104. The molecule has 0 fully saturated rings. The van der Waals surface area contributed by atoms with E-state index in [4.69, 9.17) is 4.74 Å². The van der Waals surface area contributed by atoms with Gasteiger partial charge in [0.1, 0.15) is 5.75 Å². The highest BCUT2D eigenvalue weighted by molar-refractivity contribution is 7.90. The second kappa shape index (κ2) is 11.4. The normalized spacial score (nSPS) is 14.8. The van der Waals surface area contributed by atoms with Gasteiger partial charge in [-0.3, -0.25) is 4.79 Å². The first-order valence-corrected chi connectivity index (χ1v) is 14.2. The maximum Gasteiger partial charge on any atom is 0.451 e. The first-order valence-electron chi connectivity index (χ1n) is 12.3. The Morgan fingerprint density at radius 1 is 0.929 bits per heavy atom. The Bertz CT molecular complexity index is 1610. The number of amides is 1. The van der Waals surface area contributed by atoms with Crippen LogP contribution < -0.4 is 10.1 Å². The van der Waals surface area contributed by atoms with E-state index < -0.39 is 39.7 Å². The zero-order chi connectivity index (χ0) is 31.0. The molecule has 17 heteroatoms. The van der Waals surface area contributed by atoms with E-state index in [0.717, 1.165) is 18.0 Å². The van der Waals surface area contributed by atoms with Crippen LogP contribution in [0.1, 0.15) is 58.4 Å². The van der Waals surface area contributed by atoms with Crippen molar-refractivity contribution in [3.8, 4) is 5.75 Å². The zero-order valence-corrected chi connectivity index (χ0v) is 23.2. The molecule has 0 atom stereocenters. The average molecular weight is 619 g/mol. The van der Waals surface area contributed by atoms with Gasteiger partial charge in [-0.05, 0) is 32.0 Å². The molecule has 0 saturated carbocycles. The SMILES string of the molecule is CC(C)Oc1ccc(S(C)(=O)=O)cc1C(=O)N1Cc2cnc(C(F)(F)F)nc2C1.FC(F)(F)c1ncc2c(n1)CNC2. The van der Waals surface area contributed by atoms with Crippen molar-refractivity contribution in [3.63, 3.8) is 0 Å². The molecule has 1 aromatic carbocycles. The van der Waals surface area contributed by atoms with Crippen molar-refractivity contribution in [3.05, 3.63) is 70.3 Å². The number of hydrogen-bond acceptors (Lipinski definition) is 9. The van der Waals surface area contributed by atoms with E-state index in [0.29, 0.717) is 24.3 Å². The molecule has 0 unspecified atom stereocenters. The Kier molecular flexibility index (Phi) is 8.46. The van der Waals surface area contributed by atoms with E-state index in [1.165, 1.54) is 29.3 Å². The van der Waals surface area contributed by atoms with Crippen LogP contribution in [-0.4, -0.2) is 51.5 Å². The lowest BCUT2D eigenvalue weighted by Crippen LogP contribution is -2.26. The highest BCUT2D eigenvalue weighted by Crippen LogP contribution is 2.32. The molecule has 0 aliphatic carbocycles. The van der Waals surface area contributed by atoms with Gasteiger partial charge in [0.25, 0.3) is 5.91 Å². The first-order chi connectivity index (χ1) is 19.4. The number of nitrogens with zero attached hydrogens (tertiary/aromatic N) is 5. The number of carbonyl (C=O) groups is 1. The second-order valence-electron chi connectivity index (χ2n) is 9.69. The molecule has 226 valence electrons. The van der Waals surface area contributed by atoms with Gasteiger partial charge < -0.3 is 15.0 Å². The molecule has 0 bridgehead atoms. The highest BCUT2D eigenvalue weighted by atomic mass is 32.2. The van der Waals surface area contributed by atoms with Gasteiger partial charge in [0.15, 0.2) is 9.84 Å². The van der Waals surface area contributed by atoms with Crippen LogP contribution in [0.4, 0.5) is 26.3 Å². The van der Waals surface area contributed by atoms with Crippen LogP contribution in [0.15, 0.2) is 35.5 Å². The predicted molar refractivity (Wildman–Crippen MR) is 134 cm³/mol. The third-order valence-corrected chi connectivity index (χ3v) is 7.09. The number of benzene rings is 1. The number of ether oxygens (including phenoxy) is 1. The largest absolute Gasteiger partial charge is 0.490 e. The van der Waals surface area contributed by atoms with Gasteiger partial charge in [0, 0.05) is 49.4 Å². The van der Waals surface area contributed by atoms with Gasteiger partial charge in [0.2, 0.25) is 11.6 Å². The van der Waals surface area contributed by atoms with Crippen LogP contribution >= 0.6 is 0 Å². The van der Waals surface area contributed by atoms with Crippen LogP contribution in [0.3, 0.4) is 0 Å². The number of alkyl halides is 6. The number of nitrogens with one attached hydrogen (secondary N) is 1. The lowest BCUT2D eigenvalue weighted by molar-refractivity contribution is -0.145. The number of fused-ring (bicyclic) bond motifs is 2. The van der Waals surface area contributed by atoms with Crippen LogP contribution in [0.5, 0.6) is 5.75 Å². The monoisotopic (exact) mass is 618 g/mol. The molecule has 5 rings (SSSR count). The van der Waals surface area contributed by atoms with Gasteiger partial charge in [-0.25, -0.2) is 28.4 Å². The number of carbonyl (C=O) groups excluding carboxylic acids is 1. The van der Waals surface area contributed by atoms with E-state index in [2.05, 4.69) is 25.3 Å². The molecule has 2 aliphatic heterocycles. The Labute approximate surface area is 236 Å². The summed E-state index contributed by atoms with van der Waals surface area (Å²) in [6, 6.07) is 3.95. The van der Waals surface area contributed by atoms with Crippen molar-refractivity contribution < 1.29 is 44.3 Å². The number of halogens is 6. The summed E-state index contributed by atoms with van der Waals surface area (Å²) in [5.41, 5.74) is 1.71. The molecule has 2 aromatic heterocycles. The topological polar surface area (TPSA) is 127 Å². The summed E-state index contributed by atoms with van der Waals surface area (Å²) in [5, 5.41) is 2.90. The molecule has 2 aliphatic rings. The average Bonchev–Trinajstić information content (AvgIpc) is 3.53. The number of aromatic nitrogens is 4. The van der Waals surface area contributed by atoms with Crippen molar-refractivity contribution >= 4 is 15.7 Å². The Morgan fingerprint density at radius 3 is 2.10 bits per heavy atom. The molecule has 0 radical (unpaired) electrons. The van der Waals surface area contributed by atoms with Gasteiger partial charge in [-0.2, -0.15) is 26.3 Å². The molecule has 3 aromatic rings. The van der Waals surface area contributed by atoms with Gasteiger partial charge in [0.05, 0.1) is 34.5 Å². The van der Waals surface area contributed by atoms with Gasteiger partial charge in [-0.1, -0.05) is 0 Å². The fourth-order valence-electron chi connectivity index (χ4n) is 4.06. The maximum atomic E-state index is 13.1. The van der Waals surface area contributed by atoms with E-state index in [-0.39, 0.29) is 41.1 Å². The Balaban J connectivity index is 0.000000258. The minimum absolute atomic E-state index is 0.0104. The van der Waals surface area contributed by atoms with Crippen LogP contribution in [0, 0.1) is 0 Å². The third-order valence-electron chi connectivity index (χ3n) is 5.98. The first kappa shape index (κ1) is 31.1. The summed E-state index contributed by atoms with van der Waals surface area (Å²) in [6.07, 6.45) is -6.12. The summed E-state index contributed by atoms with van der Waals surface area (Å²) in [6.45, 7) is 4.30. The highest BCUT2D eigenvalue weighted by Gasteiger charge is 2.37. The predicted octanol–water partition coefficient (Wildman–Crippen LogP) is 3.94. The summed E-state index contributed by atoms with van der Waals surface area (Å²) in [4.78, 5) is 27.8. The number of rotatable bonds is 4. The molecule has 42 heavy (non-hydrogen) atoms. The lowest BCUT2D eigenvalue weighted by atomic mass is 10.1. The van der Waals surface area contributed by atoms with Crippen molar-refractivity contribution in [1.29, 1.82) is 0 Å². The van der Waals surface area contributed by atoms with Crippen molar-refractivity contribution in [1.82, 2.24) is 30.2 Å². The summed E-state index contributed by atoms with van der Waals surface area (Å²) in [7, 11) is -3.58. The molecule has 10 nitrogen and oxygen atoms in total. The molecule has 1 amide bonds. The Hall–Kier alpha value is -3.86. The summed E-state index contributed by atoms with van der Waals surface area (Å²) in [5.74, 6) is -2.71. The second-order valence-corrected chi connectivity index (χ2v) is 11.7. The quantitative estimate of drug-likeness (QED) is 0.433. The molecule has 4 heterocycles. The molecular weight excluding hydrogens is 594 g/mol. The molecular formula is C25H24F6N6O4S. The van der Waals surface area contributed by atoms with Crippen LogP contribution in [0.25, 0.3) is 0 Å². The van der Waals surface area contributed by atoms with Gasteiger partial charge in [-0.15, -0.1) is 0 Å². The zero-order valence-electron chi connectivity index (χ0n) is 22.3. The third kappa shape index (κ3) is 7.13. The van der Waals surface area contributed by atoms with Crippen molar-refractivity contribution in [2.24, 2.45) is 0 Å². The number of sulfone groups is 1. The molecule has 1 N–H and O–H groups in total. The standard InChI is InChI=1S/C18H18F3N3O4S.C7H6F3N3/c1-10(2)28-15-5-4-12(29(3,26)27)6-13(15)16(25)24-8-11-7-22-17(18(19,20)21)23-14(11)9-24;8-7(9,10)6-12-2-4-1-11-3-5(4)13-6/h4-7,10H,8-9H2,1-3H3;2,11H,1,3H2. The van der Waals surface area contributed by atoms with E-state index >= 15 is 0 Å². The van der Waals surface area contributed by atoms with Crippen LogP contribution in [0.2, 0.25) is 0 Å². The van der Waals surface area contributed by atoms with E-state index in [1.807, 2.05) is 0 Å². The van der Waals surface area contributed by atoms with Crippen molar-refractivity contribution in [2.45, 2.75) is 63.4 Å². The molecule has 0 spiro atoms. The summed E-state index contributed by atoms with van der Waals surface area (Å²) >= 11 is 0. The van der Waals surface area contributed by atoms with E-state index in [9.17, 15) is 39.6 Å². The Morgan fingerprint density at radius 2 is 1.52 bits per heavy atom. The van der Waals surface area contributed by atoms with Crippen molar-refractivity contribution in [2.75, 3.05) is 6.26 Å². The molecule has 0 saturated heterocycles. The smallest absolute Gasteiger partial charge is 0.451 e. The van der Waals surface area contributed by atoms with Crippen LogP contribution in [-0.2, 0) is 48.4 Å². The minimum atomic E-state index is -4.69. The number of hydrogen-bond donors (Lipinski definition) is 1. The maximum absolute atomic E-state index is 13.1. The van der Waals surface area contributed by atoms with E-state index in [1.54, 1.807) is 13.8 Å². The lowest BCUT2D eigenvalue weighted by Gasteiger charge is -2.19. The fourth-order valence-corrected chi connectivity index (χ4v) is 4.71.